The highest BCUT2D eigenvalue weighted by atomic mass is 35.5. The van der Waals surface area contributed by atoms with E-state index in [-0.39, 0.29) is 12.1 Å². The fourth-order valence-electron chi connectivity index (χ4n) is 3.55. The summed E-state index contributed by atoms with van der Waals surface area (Å²) in [5.74, 6) is 0. The number of anilines is 1. The summed E-state index contributed by atoms with van der Waals surface area (Å²) in [6.45, 7) is 5.97. The third-order valence-corrected chi connectivity index (χ3v) is 6.16. The van der Waals surface area contributed by atoms with Gasteiger partial charge in [-0.2, -0.15) is 5.26 Å². The topological polar surface area (TPSA) is 93.9 Å². The van der Waals surface area contributed by atoms with E-state index >= 15 is 0 Å². The van der Waals surface area contributed by atoms with E-state index in [4.69, 9.17) is 16.6 Å². The third kappa shape index (κ3) is 4.85. The Morgan fingerprint density at radius 2 is 2.16 bits per heavy atom. The van der Waals surface area contributed by atoms with E-state index in [2.05, 4.69) is 28.6 Å². The minimum atomic E-state index is -0.171. The largest absolute Gasteiger partial charge is 0.323 e. The Balaban J connectivity index is 1.73. The zero-order chi connectivity index (χ0) is 22.0. The number of hydrogen-bond acceptors (Lipinski definition) is 6. The molecule has 0 aliphatic carbocycles. The molecule has 1 aliphatic heterocycles. The molecule has 31 heavy (non-hydrogen) atoms. The minimum Gasteiger partial charge on any atom is -0.322 e. The predicted octanol–water partition coefficient (Wildman–Crippen LogP) is 4.53. The van der Waals surface area contributed by atoms with Gasteiger partial charge in [0.15, 0.2) is 5.13 Å². The fourth-order valence-corrected chi connectivity index (χ4v) is 4.76. The molecule has 1 unspecified atom stereocenters. The van der Waals surface area contributed by atoms with Crippen LogP contribution >= 0.6 is 22.9 Å². The van der Waals surface area contributed by atoms with Crippen molar-refractivity contribution in [3.63, 3.8) is 0 Å². The lowest BCUT2D eigenvalue weighted by Crippen LogP contribution is -2.52. The van der Waals surface area contributed by atoms with Gasteiger partial charge in [-0.25, -0.2) is 14.8 Å². The molecule has 2 amide bonds. The van der Waals surface area contributed by atoms with Crippen LogP contribution in [0.25, 0.3) is 21.7 Å². The maximum atomic E-state index is 12.8. The van der Waals surface area contributed by atoms with Gasteiger partial charge in [0.1, 0.15) is 5.15 Å². The number of benzene rings is 1. The van der Waals surface area contributed by atoms with Crippen molar-refractivity contribution in [3.8, 4) is 27.8 Å². The molecule has 3 heterocycles. The van der Waals surface area contributed by atoms with Gasteiger partial charge >= 0.3 is 6.03 Å². The molecule has 1 aromatic carbocycles. The first-order valence-electron chi connectivity index (χ1n) is 9.88. The number of nitrogens with one attached hydrogen (secondary N) is 2. The second-order valence-corrected chi connectivity index (χ2v) is 8.83. The summed E-state index contributed by atoms with van der Waals surface area (Å²) in [4.78, 5) is 24.4. The van der Waals surface area contributed by atoms with E-state index in [1.54, 1.807) is 23.1 Å². The van der Waals surface area contributed by atoms with Crippen molar-refractivity contribution < 1.29 is 4.79 Å². The molecular formula is C22H21ClN6OS. The smallest absolute Gasteiger partial charge is 0.322 e. The molecule has 2 N–H and O–H groups in total. The molecule has 0 spiro atoms. The van der Waals surface area contributed by atoms with Crippen molar-refractivity contribution in [1.29, 1.82) is 5.26 Å². The summed E-state index contributed by atoms with van der Waals surface area (Å²) in [6, 6.07) is 13.2. The monoisotopic (exact) mass is 452 g/mol. The number of carbonyl (C=O) groups is 1. The summed E-state index contributed by atoms with van der Waals surface area (Å²) in [6.07, 6.45) is 0. The first kappa shape index (κ1) is 21.2. The molecule has 1 fully saturated rings. The maximum Gasteiger partial charge on any atom is 0.323 e. The Bertz CT molecular complexity index is 1150. The summed E-state index contributed by atoms with van der Waals surface area (Å²) in [5.41, 5.74) is 3.68. The predicted molar refractivity (Wildman–Crippen MR) is 123 cm³/mol. The highest BCUT2D eigenvalue weighted by molar-refractivity contribution is 7.19. The van der Waals surface area contributed by atoms with Gasteiger partial charge in [-0.15, -0.1) is 0 Å². The standard InChI is InChI=1S/C22H21ClN6OS/c1-13-8-17(10-18(23)26-13)20-19(16-5-3-4-15(9-16)11-24)27-21(31-20)28-22(30)29-7-6-25-14(2)12-29/h3-5,8-10,14,25H,6-7,12H2,1-2H3,(H,27,28,30). The van der Waals surface area contributed by atoms with E-state index < -0.39 is 0 Å². The van der Waals surface area contributed by atoms with Gasteiger partial charge in [0.2, 0.25) is 0 Å². The summed E-state index contributed by atoms with van der Waals surface area (Å²) in [7, 11) is 0. The summed E-state index contributed by atoms with van der Waals surface area (Å²) in [5, 5.41) is 16.5. The van der Waals surface area contributed by atoms with Gasteiger partial charge in [-0.05, 0) is 43.7 Å². The Hall–Kier alpha value is -2.99. The number of aryl methyl sites for hydroxylation is 1. The van der Waals surface area contributed by atoms with Crippen LogP contribution in [0.2, 0.25) is 5.15 Å². The second kappa shape index (κ2) is 9.02. The molecule has 1 aliphatic rings. The molecule has 7 nitrogen and oxygen atoms in total. The van der Waals surface area contributed by atoms with E-state index in [1.807, 2.05) is 25.1 Å². The van der Waals surface area contributed by atoms with Gasteiger partial charge < -0.3 is 10.2 Å². The zero-order valence-corrected chi connectivity index (χ0v) is 18.7. The third-order valence-electron chi connectivity index (χ3n) is 4.95. The summed E-state index contributed by atoms with van der Waals surface area (Å²) >= 11 is 7.58. The lowest BCUT2D eigenvalue weighted by Gasteiger charge is -2.31. The first-order valence-corrected chi connectivity index (χ1v) is 11.1. The number of amides is 2. The Morgan fingerprint density at radius 1 is 1.32 bits per heavy atom. The number of hydrogen-bond donors (Lipinski definition) is 2. The van der Waals surface area contributed by atoms with Gasteiger partial charge in [0.05, 0.1) is 22.2 Å². The number of nitrogens with zero attached hydrogens (tertiary/aromatic N) is 4. The average molecular weight is 453 g/mol. The lowest BCUT2D eigenvalue weighted by molar-refractivity contribution is 0.192. The highest BCUT2D eigenvalue weighted by Gasteiger charge is 2.23. The van der Waals surface area contributed by atoms with Crippen LogP contribution in [0.4, 0.5) is 9.93 Å². The molecule has 1 saturated heterocycles. The van der Waals surface area contributed by atoms with Gasteiger partial charge in [-0.1, -0.05) is 35.1 Å². The Labute approximate surface area is 189 Å². The second-order valence-electron chi connectivity index (χ2n) is 7.44. The van der Waals surface area contributed by atoms with Crippen molar-refractivity contribution in [2.24, 2.45) is 0 Å². The number of rotatable bonds is 3. The zero-order valence-electron chi connectivity index (χ0n) is 17.1. The molecule has 9 heteroatoms. The maximum absolute atomic E-state index is 12.8. The molecule has 0 radical (unpaired) electrons. The van der Waals surface area contributed by atoms with Gasteiger partial charge in [0, 0.05) is 36.9 Å². The first-order chi connectivity index (χ1) is 14.9. The number of piperazine rings is 1. The molecule has 4 rings (SSSR count). The van der Waals surface area contributed by atoms with Crippen LogP contribution in [0.15, 0.2) is 36.4 Å². The molecule has 1 atom stereocenters. The number of pyridine rings is 1. The van der Waals surface area contributed by atoms with Crippen LogP contribution in [-0.4, -0.2) is 46.6 Å². The van der Waals surface area contributed by atoms with Crippen LogP contribution in [-0.2, 0) is 0 Å². The number of nitriles is 1. The van der Waals surface area contributed by atoms with Gasteiger partial charge in [-0.3, -0.25) is 5.32 Å². The number of urea groups is 1. The van der Waals surface area contributed by atoms with E-state index in [1.165, 1.54) is 11.3 Å². The average Bonchev–Trinajstić information content (AvgIpc) is 3.17. The number of thiazole rings is 1. The van der Waals surface area contributed by atoms with Gasteiger partial charge in [0.25, 0.3) is 0 Å². The highest BCUT2D eigenvalue weighted by Crippen LogP contribution is 2.40. The molecule has 2 aromatic heterocycles. The lowest BCUT2D eigenvalue weighted by atomic mass is 10.1. The Kier molecular flexibility index (Phi) is 6.18. The van der Waals surface area contributed by atoms with Crippen molar-refractivity contribution in [2.45, 2.75) is 19.9 Å². The molecule has 158 valence electrons. The number of aromatic nitrogens is 2. The molecule has 0 bridgehead atoms. The fraction of sp³-hybridized carbons (Fsp3) is 0.273. The number of halogens is 1. The molecular weight excluding hydrogens is 432 g/mol. The van der Waals surface area contributed by atoms with Crippen LogP contribution in [0.3, 0.4) is 0 Å². The van der Waals surface area contributed by atoms with Crippen LogP contribution in [0.5, 0.6) is 0 Å². The van der Waals surface area contributed by atoms with Crippen molar-refractivity contribution >= 4 is 34.1 Å². The van der Waals surface area contributed by atoms with E-state index in [0.717, 1.165) is 28.2 Å². The van der Waals surface area contributed by atoms with Crippen LogP contribution in [0, 0.1) is 18.3 Å². The van der Waals surface area contributed by atoms with Crippen molar-refractivity contribution in [3.05, 3.63) is 52.8 Å². The Morgan fingerprint density at radius 3 is 2.90 bits per heavy atom. The van der Waals surface area contributed by atoms with Crippen molar-refractivity contribution in [2.75, 3.05) is 25.0 Å². The van der Waals surface area contributed by atoms with Crippen molar-refractivity contribution in [1.82, 2.24) is 20.2 Å². The quantitative estimate of drug-likeness (QED) is 0.569. The van der Waals surface area contributed by atoms with E-state index in [0.29, 0.717) is 34.6 Å². The minimum absolute atomic E-state index is 0.171. The SMILES string of the molecule is Cc1cc(-c2sc(NC(=O)N3CCNC(C)C3)nc2-c2cccc(C#N)c2)cc(Cl)n1. The van der Waals surface area contributed by atoms with E-state index in [9.17, 15) is 10.1 Å². The van der Waals surface area contributed by atoms with Crippen LogP contribution < -0.4 is 10.6 Å². The summed E-state index contributed by atoms with van der Waals surface area (Å²) < 4.78 is 0. The number of carbonyl (C=O) groups excluding carboxylic acids is 1. The van der Waals surface area contributed by atoms with Crippen LogP contribution in [0.1, 0.15) is 18.2 Å². The molecule has 3 aromatic rings. The normalized spacial score (nSPS) is 16.1. The molecule has 0 saturated carbocycles.